The van der Waals surface area contributed by atoms with Crippen molar-refractivity contribution in [1.29, 1.82) is 0 Å². The first-order valence-corrected chi connectivity index (χ1v) is 7.58. The molecule has 1 unspecified atom stereocenters. The second kappa shape index (κ2) is 6.58. The summed E-state index contributed by atoms with van der Waals surface area (Å²) in [6, 6.07) is 5.77. The molecule has 0 saturated heterocycles. The van der Waals surface area contributed by atoms with Crippen LogP contribution in [0.25, 0.3) is 0 Å². The Morgan fingerprint density at radius 2 is 2.29 bits per heavy atom. The maximum absolute atomic E-state index is 12.0. The van der Waals surface area contributed by atoms with Gasteiger partial charge in [-0.3, -0.25) is 0 Å². The van der Waals surface area contributed by atoms with Gasteiger partial charge in [0, 0.05) is 9.75 Å². The van der Waals surface area contributed by atoms with Gasteiger partial charge in [-0.05, 0) is 39.0 Å². The molecule has 0 bridgehead atoms. The largest absolute Gasteiger partial charge is 0.462 e. The lowest BCUT2D eigenvalue weighted by Gasteiger charge is -2.16. The summed E-state index contributed by atoms with van der Waals surface area (Å²) in [5.41, 5.74) is 6.50. The molecular weight excluding hydrogens is 286 g/mol. The van der Waals surface area contributed by atoms with Crippen molar-refractivity contribution in [2.24, 2.45) is 0 Å². The first kappa shape index (κ1) is 15.3. The summed E-state index contributed by atoms with van der Waals surface area (Å²) in [5.74, 6) is 0.0653. The maximum atomic E-state index is 12.0. The number of ether oxygens (including phenoxy) is 1. The molecule has 2 heterocycles. The summed E-state index contributed by atoms with van der Waals surface area (Å²) in [5, 5.41) is 3.25. The summed E-state index contributed by atoms with van der Waals surface area (Å²) in [4.78, 5) is 18.6. The van der Waals surface area contributed by atoms with Gasteiger partial charge in [-0.15, -0.1) is 11.3 Å². The SMILES string of the molecule is CCOC(=O)c1cc(N)cnc1NC(C)c1ccc(C)s1. The highest BCUT2D eigenvalue weighted by atomic mass is 32.1. The standard InChI is InChI=1S/C15H19N3O2S/c1-4-20-15(19)12-7-11(16)8-17-14(12)18-10(3)13-6-5-9(2)21-13/h5-8,10H,4,16H2,1-3H3,(H,17,18). The molecule has 0 aliphatic carbocycles. The van der Waals surface area contributed by atoms with Crippen LogP contribution in [-0.4, -0.2) is 17.6 Å². The highest BCUT2D eigenvalue weighted by Crippen LogP contribution is 2.27. The Hall–Kier alpha value is -2.08. The zero-order valence-corrected chi connectivity index (χ0v) is 13.2. The van der Waals surface area contributed by atoms with Gasteiger partial charge >= 0.3 is 5.97 Å². The molecule has 0 fully saturated rings. The summed E-state index contributed by atoms with van der Waals surface area (Å²) in [6.45, 7) is 6.17. The molecule has 0 aliphatic heterocycles. The number of nitrogen functional groups attached to an aromatic ring is 1. The van der Waals surface area contributed by atoms with Crippen LogP contribution in [0.3, 0.4) is 0 Å². The number of nitrogens with zero attached hydrogens (tertiary/aromatic N) is 1. The maximum Gasteiger partial charge on any atom is 0.341 e. The number of nitrogens with one attached hydrogen (secondary N) is 1. The van der Waals surface area contributed by atoms with Gasteiger partial charge in [-0.2, -0.15) is 0 Å². The molecule has 0 aliphatic rings. The van der Waals surface area contributed by atoms with Gasteiger partial charge in [0.2, 0.25) is 0 Å². The predicted octanol–water partition coefficient (Wildman–Crippen LogP) is 3.38. The van der Waals surface area contributed by atoms with Crippen LogP contribution in [0.15, 0.2) is 24.4 Å². The quantitative estimate of drug-likeness (QED) is 0.828. The minimum atomic E-state index is -0.422. The van der Waals surface area contributed by atoms with E-state index in [4.69, 9.17) is 10.5 Å². The Kier molecular flexibility index (Phi) is 4.80. The Labute approximate surface area is 128 Å². The summed E-state index contributed by atoms with van der Waals surface area (Å²) < 4.78 is 5.04. The Morgan fingerprint density at radius 3 is 2.90 bits per heavy atom. The van der Waals surface area contributed by atoms with Crippen molar-refractivity contribution >= 4 is 28.8 Å². The molecule has 21 heavy (non-hydrogen) atoms. The number of esters is 1. The lowest BCUT2D eigenvalue weighted by Crippen LogP contribution is -2.14. The van der Waals surface area contributed by atoms with Crippen LogP contribution in [0.4, 0.5) is 11.5 Å². The van der Waals surface area contributed by atoms with E-state index in [0.29, 0.717) is 23.7 Å². The minimum Gasteiger partial charge on any atom is -0.462 e. The number of pyridine rings is 1. The normalized spacial score (nSPS) is 12.0. The van der Waals surface area contributed by atoms with Crippen molar-refractivity contribution in [1.82, 2.24) is 4.98 Å². The number of aryl methyl sites for hydroxylation is 1. The van der Waals surface area contributed by atoms with E-state index in [-0.39, 0.29) is 6.04 Å². The first-order valence-electron chi connectivity index (χ1n) is 6.76. The molecule has 0 aromatic carbocycles. The molecule has 2 aromatic heterocycles. The summed E-state index contributed by atoms with van der Waals surface area (Å²) in [6.07, 6.45) is 1.53. The molecule has 6 heteroatoms. The summed E-state index contributed by atoms with van der Waals surface area (Å²) in [7, 11) is 0. The fraction of sp³-hybridized carbons (Fsp3) is 0.333. The fourth-order valence-corrected chi connectivity index (χ4v) is 2.80. The zero-order chi connectivity index (χ0) is 15.4. The molecular formula is C15H19N3O2S. The number of aromatic nitrogens is 1. The molecule has 2 aromatic rings. The highest BCUT2D eigenvalue weighted by molar-refractivity contribution is 7.12. The molecule has 5 nitrogen and oxygen atoms in total. The monoisotopic (exact) mass is 305 g/mol. The molecule has 0 spiro atoms. The topological polar surface area (TPSA) is 77.2 Å². The van der Waals surface area contributed by atoms with Crippen LogP contribution in [0.5, 0.6) is 0 Å². The van der Waals surface area contributed by atoms with E-state index in [2.05, 4.69) is 29.4 Å². The van der Waals surface area contributed by atoms with Gasteiger partial charge in [0.25, 0.3) is 0 Å². The third kappa shape index (κ3) is 3.72. The van der Waals surface area contributed by atoms with Gasteiger partial charge in [-0.25, -0.2) is 9.78 Å². The van der Waals surface area contributed by atoms with E-state index in [1.165, 1.54) is 16.0 Å². The third-order valence-electron chi connectivity index (χ3n) is 2.95. The lowest BCUT2D eigenvalue weighted by molar-refractivity contribution is 0.0527. The second-order valence-electron chi connectivity index (χ2n) is 4.70. The van der Waals surface area contributed by atoms with Gasteiger partial charge in [0.15, 0.2) is 0 Å². The predicted molar refractivity (Wildman–Crippen MR) is 85.7 cm³/mol. The van der Waals surface area contributed by atoms with Gasteiger partial charge in [0.1, 0.15) is 11.4 Å². The average molecular weight is 305 g/mol. The summed E-state index contributed by atoms with van der Waals surface area (Å²) >= 11 is 1.71. The van der Waals surface area contributed by atoms with Crippen LogP contribution in [0.2, 0.25) is 0 Å². The van der Waals surface area contributed by atoms with Crippen LogP contribution in [-0.2, 0) is 4.74 Å². The molecule has 0 saturated carbocycles. The molecule has 3 N–H and O–H groups in total. The second-order valence-corrected chi connectivity index (χ2v) is 6.02. The molecule has 1 atom stereocenters. The number of hydrogen-bond acceptors (Lipinski definition) is 6. The Bertz CT molecular complexity index is 640. The van der Waals surface area contributed by atoms with Gasteiger partial charge < -0.3 is 15.8 Å². The zero-order valence-electron chi connectivity index (χ0n) is 12.3. The van der Waals surface area contributed by atoms with Crippen LogP contribution >= 0.6 is 11.3 Å². The van der Waals surface area contributed by atoms with Crippen molar-refractivity contribution in [3.63, 3.8) is 0 Å². The Balaban J connectivity index is 2.24. The number of anilines is 2. The van der Waals surface area contributed by atoms with Crippen LogP contribution in [0.1, 0.15) is 40.0 Å². The number of thiophene rings is 1. The molecule has 0 amide bonds. The van der Waals surface area contributed by atoms with E-state index >= 15 is 0 Å². The highest BCUT2D eigenvalue weighted by Gasteiger charge is 2.17. The smallest absolute Gasteiger partial charge is 0.341 e. The fourth-order valence-electron chi connectivity index (χ4n) is 1.92. The van der Waals surface area contributed by atoms with E-state index in [1.807, 2.05) is 6.92 Å². The van der Waals surface area contributed by atoms with Crippen LogP contribution < -0.4 is 11.1 Å². The number of nitrogens with two attached hydrogens (primary N) is 1. The van der Waals surface area contributed by atoms with E-state index < -0.39 is 5.97 Å². The van der Waals surface area contributed by atoms with Crippen molar-refractivity contribution in [3.05, 3.63) is 39.7 Å². The first-order chi connectivity index (χ1) is 10.0. The molecule has 2 rings (SSSR count). The van der Waals surface area contributed by atoms with Crippen LogP contribution in [0, 0.1) is 6.92 Å². The van der Waals surface area contributed by atoms with Gasteiger partial charge in [-0.1, -0.05) is 0 Å². The van der Waals surface area contributed by atoms with Gasteiger partial charge in [0.05, 0.1) is 24.5 Å². The van der Waals surface area contributed by atoms with E-state index in [9.17, 15) is 4.79 Å². The average Bonchev–Trinajstić information content (AvgIpc) is 2.87. The lowest BCUT2D eigenvalue weighted by atomic mass is 10.2. The van der Waals surface area contributed by atoms with Crippen molar-refractivity contribution < 1.29 is 9.53 Å². The Morgan fingerprint density at radius 1 is 1.52 bits per heavy atom. The molecule has 0 radical (unpaired) electrons. The number of carbonyl (C=O) groups is 1. The van der Waals surface area contributed by atoms with E-state index in [0.717, 1.165) is 0 Å². The third-order valence-corrected chi connectivity index (χ3v) is 4.13. The number of carbonyl (C=O) groups excluding carboxylic acids is 1. The minimum absolute atomic E-state index is 0.0491. The number of rotatable bonds is 5. The molecule has 112 valence electrons. The van der Waals surface area contributed by atoms with Crippen molar-refractivity contribution in [2.45, 2.75) is 26.8 Å². The van der Waals surface area contributed by atoms with Crippen molar-refractivity contribution in [3.8, 4) is 0 Å². The van der Waals surface area contributed by atoms with Crippen molar-refractivity contribution in [2.75, 3.05) is 17.7 Å². The van der Waals surface area contributed by atoms with E-state index in [1.54, 1.807) is 24.3 Å². The number of hydrogen-bond donors (Lipinski definition) is 2.